The summed E-state index contributed by atoms with van der Waals surface area (Å²) in [4.78, 5) is 46.8. The number of ketones is 4. The van der Waals surface area contributed by atoms with Gasteiger partial charge in [-0.1, -0.05) is 58.8 Å². The summed E-state index contributed by atoms with van der Waals surface area (Å²) in [7, 11) is 0. The number of rotatable bonds is 20. The van der Waals surface area contributed by atoms with Gasteiger partial charge in [0.1, 0.15) is 23.1 Å². The van der Waals surface area contributed by atoms with Gasteiger partial charge >= 0.3 is 0 Å². The van der Waals surface area contributed by atoms with Crippen LogP contribution in [0.1, 0.15) is 123 Å². The minimum absolute atomic E-state index is 0.0590. The summed E-state index contributed by atoms with van der Waals surface area (Å²) in [6.07, 6.45) is 12.9. The Labute approximate surface area is 165 Å². The van der Waals surface area contributed by atoms with Crippen molar-refractivity contribution in [2.75, 3.05) is 0 Å². The molecular formula is C23H40O4. The maximum atomic E-state index is 11.8. The number of hydrogen-bond acceptors (Lipinski definition) is 4. The van der Waals surface area contributed by atoms with Crippen molar-refractivity contribution < 1.29 is 19.2 Å². The number of unbranched alkanes of at least 4 members (excludes halogenated alkanes) is 8. The Morgan fingerprint density at radius 2 is 0.704 bits per heavy atom. The van der Waals surface area contributed by atoms with E-state index in [0.29, 0.717) is 25.7 Å². The molecule has 0 fully saturated rings. The molecule has 0 aliphatic carbocycles. The van der Waals surface area contributed by atoms with Crippen molar-refractivity contribution >= 4 is 23.1 Å². The van der Waals surface area contributed by atoms with Crippen LogP contribution in [-0.2, 0) is 19.2 Å². The Morgan fingerprint density at radius 1 is 0.407 bits per heavy atom. The highest BCUT2D eigenvalue weighted by Crippen LogP contribution is 2.11. The molecule has 0 heterocycles. The lowest BCUT2D eigenvalue weighted by molar-refractivity contribution is -0.128. The monoisotopic (exact) mass is 380 g/mol. The summed E-state index contributed by atoms with van der Waals surface area (Å²) in [5.74, 6) is 0.281. The second kappa shape index (κ2) is 18.1. The first-order valence-electron chi connectivity index (χ1n) is 11.1. The van der Waals surface area contributed by atoms with Crippen LogP contribution in [0.25, 0.3) is 0 Å². The van der Waals surface area contributed by atoms with E-state index in [1.54, 1.807) is 0 Å². The lowest BCUT2D eigenvalue weighted by Crippen LogP contribution is -2.07. The summed E-state index contributed by atoms with van der Waals surface area (Å²) >= 11 is 0. The molecule has 0 bridgehead atoms. The minimum atomic E-state index is 0.0590. The molecule has 0 aromatic heterocycles. The van der Waals surface area contributed by atoms with Crippen molar-refractivity contribution in [2.45, 2.75) is 123 Å². The van der Waals surface area contributed by atoms with E-state index >= 15 is 0 Å². The summed E-state index contributed by atoms with van der Waals surface area (Å²) in [6.45, 7) is 4.17. The predicted octanol–water partition coefficient (Wildman–Crippen LogP) is 5.93. The van der Waals surface area contributed by atoms with Gasteiger partial charge in [0.25, 0.3) is 0 Å². The summed E-state index contributed by atoms with van der Waals surface area (Å²) in [5.41, 5.74) is 0. The van der Waals surface area contributed by atoms with Gasteiger partial charge < -0.3 is 0 Å². The number of carbonyl (C=O) groups excluding carboxylic acids is 4. The summed E-state index contributed by atoms with van der Waals surface area (Å²) in [6, 6.07) is 0. The molecule has 0 saturated carbocycles. The molecule has 27 heavy (non-hydrogen) atoms. The van der Waals surface area contributed by atoms with Crippen molar-refractivity contribution in [3.63, 3.8) is 0 Å². The molecule has 0 atom stereocenters. The van der Waals surface area contributed by atoms with Crippen LogP contribution in [0.4, 0.5) is 0 Å². The molecule has 0 aliphatic rings. The molecule has 0 N–H and O–H groups in total. The molecule has 0 rings (SSSR count). The smallest absolute Gasteiger partial charge is 0.140 e. The van der Waals surface area contributed by atoms with E-state index in [1.165, 1.54) is 0 Å². The molecule has 0 amide bonds. The third-order valence-electron chi connectivity index (χ3n) is 4.82. The maximum Gasteiger partial charge on any atom is 0.140 e. The van der Waals surface area contributed by atoms with Crippen LogP contribution in [0, 0.1) is 0 Å². The van der Waals surface area contributed by atoms with Gasteiger partial charge in [0, 0.05) is 25.7 Å². The molecule has 4 heteroatoms. The molecule has 156 valence electrons. The van der Waals surface area contributed by atoms with E-state index in [1.807, 2.05) is 6.92 Å². The van der Waals surface area contributed by atoms with E-state index in [2.05, 4.69) is 6.92 Å². The third kappa shape index (κ3) is 17.8. The molecule has 4 nitrogen and oxygen atoms in total. The third-order valence-corrected chi connectivity index (χ3v) is 4.82. The topological polar surface area (TPSA) is 68.3 Å². The number of hydrogen-bond donors (Lipinski definition) is 0. The van der Waals surface area contributed by atoms with Crippen molar-refractivity contribution in [1.82, 2.24) is 0 Å². The minimum Gasteiger partial charge on any atom is -0.299 e. The molecule has 0 spiro atoms. The van der Waals surface area contributed by atoms with Crippen LogP contribution in [-0.4, -0.2) is 23.1 Å². The van der Waals surface area contributed by atoms with Gasteiger partial charge in [-0.15, -0.1) is 0 Å². The largest absolute Gasteiger partial charge is 0.299 e. The van der Waals surface area contributed by atoms with Crippen LogP contribution in [0.15, 0.2) is 0 Å². The standard InChI is InChI=1S/C23H40O4/c1-3-5-7-11-15-21(25)19-23(27)17-13-10-8-9-12-16-22(26)18-20(24)14-6-4-2/h3-19H2,1-2H3. The van der Waals surface area contributed by atoms with Crippen LogP contribution < -0.4 is 0 Å². The van der Waals surface area contributed by atoms with Crippen molar-refractivity contribution in [3.05, 3.63) is 0 Å². The van der Waals surface area contributed by atoms with Crippen LogP contribution in [0.2, 0.25) is 0 Å². The first-order chi connectivity index (χ1) is 13.0. The van der Waals surface area contributed by atoms with Gasteiger partial charge in [0.15, 0.2) is 0 Å². The Bertz CT molecular complexity index is 440. The second-order valence-electron chi connectivity index (χ2n) is 7.69. The zero-order valence-corrected chi connectivity index (χ0v) is 17.7. The van der Waals surface area contributed by atoms with Crippen LogP contribution in [0.3, 0.4) is 0 Å². The fraction of sp³-hybridized carbons (Fsp3) is 0.826. The first-order valence-corrected chi connectivity index (χ1v) is 11.1. The Hall–Kier alpha value is -1.32. The van der Waals surface area contributed by atoms with Gasteiger partial charge in [-0.3, -0.25) is 19.2 Å². The van der Waals surface area contributed by atoms with E-state index in [0.717, 1.165) is 70.6 Å². The van der Waals surface area contributed by atoms with E-state index in [9.17, 15) is 19.2 Å². The lowest BCUT2D eigenvalue weighted by atomic mass is 10.0. The SMILES string of the molecule is CCCCCCC(=O)CC(=O)CCCCCCCC(=O)CC(=O)CCCC. The number of carbonyl (C=O) groups is 4. The fourth-order valence-corrected chi connectivity index (χ4v) is 3.09. The highest BCUT2D eigenvalue weighted by molar-refractivity contribution is 5.99. The Kier molecular flexibility index (Phi) is 17.2. The second-order valence-corrected chi connectivity index (χ2v) is 7.69. The molecule has 0 saturated heterocycles. The van der Waals surface area contributed by atoms with Crippen molar-refractivity contribution in [2.24, 2.45) is 0 Å². The zero-order chi connectivity index (χ0) is 20.3. The first kappa shape index (κ1) is 25.7. The molecular weight excluding hydrogens is 340 g/mol. The highest BCUT2D eigenvalue weighted by Gasteiger charge is 2.10. The van der Waals surface area contributed by atoms with Gasteiger partial charge in [0.05, 0.1) is 12.8 Å². The zero-order valence-electron chi connectivity index (χ0n) is 17.7. The quantitative estimate of drug-likeness (QED) is 0.194. The predicted molar refractivity (Wildman–Crippen MR) is 110 cm³/mol. The molecule has 0 radical (unpaired) electrons. The molecule has 0 aliphatic heterocycles. The van der Waals surface area contributed by atoms with Gasteiger partial charge in [0.2, 0.25) is 0 Å². The van der Waals surface area contributed by atoms with Crippen LogP contribution >= 0.6 is 0 Å². The van der Waals surface area contributed by atoms with Crippen molar-refractivity contribution in [1.29, 1.82) is 0 Å². The van der Waals surface area contributed by atoms with E-state index in [4.69, 9.17) is 0 Å². The molecule has 0 aromatic carbocycles. The normalized spacial score (nSPS) is 10.7. The Balaban J connectivity index is 3.52. The lowest BCUT2D eigenvalue weighted by Gasteiger charge is -2.03. The number of Topliss-reactive ketones (excluding diaryl/α,β-unsaturated/α-hetero) is 4. The van der Waals surface area contributed by atoms with Gasteiger partial charge in [-0.05, 0) is 25.7 Å². The summed E-state index contributed by atoms with van der Waals surface area (Å²) in [5, 5.41) is 0. The average Bonchev–Trinajstić information content (AvgIpc) is 2.62. The average molecular weight is 381 g/mol. The van der Waals surface area contributed by atoms with E-state index in [-0.39, 0.29) is 36.0 Å². The maximum absolute atomic E-state index is 11.8. The van der Waals surface area contributed by atoms with Gasteiger partial charge in [-0.25, -0.2) is 0 Å². The Morgan fingerprint density at radius 3 is 1.07 bits per heavy atom. The van der Waals surface area contributed by atoms with Crippen LogP contribution in [0.5, 0.6) is 0 Å². The molecule has 0 aromatic rings. The fourth-order valence-electron chi connectivity index (χ4n) is 3.09. The van der Waals surface area contributed by atoms with Gasteiger partial charge in [-0.2, -0.15) is 0 Å². The highest BCUT2D eigenvalue weighted by atomic mass is 16.2. The summed E-state index contributed by atoms with van der Waals surface area (Å²) < 4.78 is 0. The van der Waals surface area contributed by atoms with E-state index < -0.39 is 0 Å². The molecule has 0 unspecified atom stereocenters. The van der Waals surface area contributed by atoms with Crippen molar-refractivity contribution in [3.8, 4) is 0 Å².